The van der Waals surface area contributed by atoms with Crippen molar-refractivity contribution in [2.75, 3.05) is 0 Å². The molecule has 1 aromatic rings. The van der Waals surface area contributed by atoms with Crippen LogP contribution in [0, 0.1) is 0 Å². The number of alkyl halides is 3. The summed E-state index contributed by atoms with van der Waals surface area (Å²) in [5.41, 5.74) is 0.401. The van der Waals surface area contributed by atoms with E-state index in [1.807, 2.05) is 0 Å². The fourth-order valence-corrected chi connectivity index (χ4v) is 1.24. The SMILES string of the molecule is CCCCc1ccc(C(F)(F)F)cc1.O=[Se](O)O. The summed E-state index contributed by atoms with van der Waals surface area (Å²) in [6, 6.07) is 5.40. The molecule has 0 amide bonds. The van der Waals surface area contributed by atoms with Gasteiger partial charge in [-0.2, -0.15) is 13.2 Å². The van der Waals surface area contributed by atoms with E-state index in [0.29, 0.717) is 0 Å². The third-order valence-electron chi connectivity index (χ3n) is 2.10. The van der Waals surface area contributed by atoms with Crippen LogP contribution in [0.4, 0.5) is 13.2 Å². The van der Waals surface area contributed by atoms with E-state index >= 15 is 0 Å². The molecule has 104 valence electrons. The third kappa shape index (κ3) is 8.36. The van der Waals surface area contributed by atoms with Crippen molar-refractivity contribution in [3.63, 3.8) is 0 Å². The second-order valence-corrected chi connectivity index (χ2v) is 4.50. The molecule has 0 heterocycles. The van der Waals surface area contributed by atoms with Crippen molar-refractivity contribution < 1.29 is 25.4 Å². The molecule has 18 heavy (non-hydrogen) atoms. The Morgan fingerprint density at radius 2 is 1.61 bits per heavy atom. The van der Waals surface area contributed by atoms with E-state index in [0.717, 1.165) is 37.0 Å². The van der Waals surface area contributed by atoms with E-state index in [-0.39, 0.29) is 0 Å². The molecule has 0 unspecified atom stereocenters. The van der Waals surface area contributed by atoms with E-state index in [9.17, 15) is 13.2 Å². The van der Waals surface area contributed by atoms with Crippen molar-refractivity contribution in [3.8, 4) is 0 Å². The van der Waals surface area contributed by atoms with Crippen LogP contribution in [0.2, 0.25) is 0 Å². The molecule has 7 heteroatoms. The molecule has 0 aliphatic carbocycles. The molecule has 0 radical (unpaired) electrons. The van der Waals surface area contributed by atoms with Gasteiger partial charge in [-0.05, 0) is 30.5 Å². The third-order valence-corrected chi connectivity index (χ3v) is 2.10. The van der Waals surface area contributed by atoms with Crippen LogP contribution in [-0.2, 0) is 16.4 Å². The monoisotopic (exact) mass is 332 g/mol. The van der Waals surface area contributed by atoms with Crippen LogP contribution >= 0.6 is 0 Å². The van der Waals surface area contributed by atoms with E-state index in [1.54, 1.807) is 12.1 Å². The van der Waals surface area contributed by atoms with Gasteiger partial charge in [0.05, 0.1) is 5.56 Å². The van der Waals surface area contributed by atoms with Crippen molar-refractivity contribution in [2.45, 2.75) is 32.4 Å². The molecular formula is C11H15F3O3Se. The summed E-state index contributed by atoms with van der Waals surface area (Å²) in [6.07, 6.45) is -1.29. The second kappa shape index (κ2) is 8.37. The molecule has 0 aliphatic heterocycles. The van der Waals surface area contributed by atoms with Crippen LogP contribution in [0.1, 0.15) is 30.9 Å². The van der Waals surface area contributed by atoms with Gasteiger partial charge < -0.3 is 0 Å². The number of halogens is 3. The van der Waals surface area contributed by atoms with Gasteiger partial charge in [0.25, 0.3) is 0 Å². The summed E-state index contributed by atoms with van der Waals surface area (Å²) in [5.74, 6) is 0. The van der Waals surface area contributed by atoms with Gasteiger partial charge in [0.2, 0.25) is 0 Å². The normalized spacial score (nSPS) is 11.1. The van der Waals surface area contributed by atoms with Gasteiger partial charge in [-0.3, -0.25) is 0 Å². The van der Waals surface area contributed by atoms with Crippen LogP contribution in [0.25, 0.3) is 0 Å². The summed E-state index contributed by atoms with van der Waals surface area (Å²) >= 11 is -3.29. The van der Waals surface area contributed by atoms with Crippen molar-refractivity contribution in [1.82, 2.24) is 0 Å². The standard InChI is InChI=1S/C11H13F3.H2O3Se/c1-2-3-4-9-5-7-10(8-6-9)11(12,13)14;1-4(2)3/h5-8H,2-4H2,1H3;(H2,1,2,3). The van der Waals surface area contributed by atoms with Gasteiger partial charge in [-0.15, -0.1) is 0 Å². The van der Waals surface area contributed by atoms with Crippen molar-refractivity contribution in [1.29, 1.82) is 0 Å². The van der Waals surface area contributed by atoms with Gasteiger partial charge in [0.15, 0.2) is 0 Å². The maximum atomic E-state index is 12.2. The Bertz CT molecular complexity index is 359. The summed E-state index contributed by atoms with van der Waals surface area (Å²) < 4.78 is 59.6. The summed E-state index contributed by atoms with van der Waals surface area (Å²) in [4.78, 5) is 0. The number of hydrogen-bond donors (Lipinski definition) is 2. The zero-order chi connectivity index (χ0) is 14.2. The van der Waals surface area contributed by atoms with Gasteiger partial charge >= 0.3 is 32.9 Å². The van der Waals surface area contributed by atoms with Gasteiger partial charge in [0.1, 0.15) is 0 Å². The van der Waals surface area contributed by atoms with Gasteiger partial charge in [-0.1, -0.05) is 25.5 Å². The first-order chi connectivity index (χ1) is 8.27. The molecule has 0 saturated heterocycles. The van der Waals surface area contributed by atoms with E-state index in [1.165, 1.54) is 0 Å². The Kier molecular flexibility index (Phi) is 8.02. The van der Waals surface area contributed by atoms with Crippen molar-refractivity contribution in [2.24, 2.45) is 0 Å². The summed E-state index contributed by atoms with van der Waals surface area (Å²) in [5, 5.41) is 0. The predicted molar refractivity (Wildman–Crippen MR) is 60.9 cm³/mol. The Morgan fingerprint density at radius 3 is 1.94 bits per heavy atom. The Balaban J connectivity index is 0.000000631. The average molecular weight is 331 g/mol. The molecular weight excluding hydrogens is 316 g/mol. The summed E-state index contributed by atoms with van der Waals surface area (Å²) in [7, 11) is 0. The molecule has 0 aromatic heterocycles. The average Bonchev–Trinajstić information content (AvgIpc) is 2.25. The van der Waals surface area contributed by atoms with Crippen molar-refractivity contribution in [3.05, 3.63) is 35.4 Å². The fourth-order valence-electron chi connectivity index (χ4n) is 1.24. The summed E-state index contributed by atoms with van der Waals surface area (Å²) in [6.45, 7) is 2.06. The number of aryl methyl sites for hydroxylation is 1. The van der Waals surface area contributed by atoms with E-state index in [2.05, 4.69) is 6.92 Å². The Morgan fingerprint density at radius 1 is 1.17 bits per heavy atom. The van der Waals surface area contributed by atoms with E-state index < -0.39 is 26.2 Å². The topological polar surface area (TPSA) is 57.5 Å². The molecule has 2 N–H and O–H groups in total. The van der Waals surface area contributed by atoms with Gasteiger partial charge in [0, 0.05) is 0 Å². The number of hydrogen-bond acceptors (Lipinski definition) is 1. The molecule has 0 atom stereocenters. The van der Waals surface area contributed by atoms with Crippen LogP contribution in [-0.4, -0.2) is 22.9 Å². The molecule has 0 aliphatic rings. The molecule has 0 spiro atoms. The van der Waals surface area contributed by atoms with E-state index in [4.69, 9.17) is 12.2 Å². The second-order valence-electron chi connectivity index (χ2n) is 3.53. The molecule has 0 bridgehead atoms. The zero-order valence-corrected chi connectivity index (χ0v) is 11.5. The quantitative estimate of drug-likeness (QED) is 0.837. The minimum atomic E-state index is -4.22. The minimum absolute atomic E-state index is 0.572. The number of rotatable bonds is 3. The first-order valence-electron chi connectivity index (χ1n) is 5.23. The molecule has 0 fully saturated rings. The predicted octanol–water partition coefficient (Wildman–Crippen LogP) is 2.43. The van der Waals surface area contributed by atoms with Crippen molar-refractivity contribution >= 4 is 14.5 Å². The molecule has 3 nitrogen and oxygen atoms in total. The molecule has 1 rings (SSSR count). The van der Waals surface area contributed by atoms with Crippen LogP contribution in [0.15, 0.2) is 24.3 Å². The zero-order valence-electron chi connectivity index (χ0n) is 9.78. The maximum absolute atomic E-state index is 12.2. The Hall–Kier alpha value is -0.751. The first-order valence-corrected chi connectivity index (χ1v) is 7.46. The molecule has 1 aromatic carbocycles. The first kappa shape index (κ1) is 17.2. The van der Waals surface area contributed by atoms with Crippen LogP contribution in [0.3, 0.4) is 0 Å². The Labute approximate surface area is 108 Å². The number of benzene rings is 1. The van der Waals surface area contributed by atoms with Gasteiger partial charge in [-0.25, -0.2) is 0 Å². The fraction of sp³-hybridized carbons (Fsp3) is 0.455. The van der Waals surface area contributed by atoms with Crippen LogP contribution < -0.4 is 0 Å². The van der Waals surface area contributed by atoms with Crippen LogP contribution in [0.5, 0.6) is 0 Å². The number of unbranched alkanes of at least 4 members (excludes halogenated alkanes) is 1. The molecule has 0 saturated carbocycles.